The van der Waals surface area contributed by atoms with Crippen molar-refractivity contribution in [3.05, 3.63) is 0 Å². The van der Waals surface area contributed by atoms with Gasteiger partial charge in [-0.2, -0.15) is 0 Å². The Labute approximate surface area is 111 Å². The first kappa shape index (κ1) is 15.5. The average molecular weight is 256 g/mol. The molecule has 1 rings (SSSR count). The second kappa shape index (κ2) is 4.84. The van der Waals surface area contributed by atoms with E-state index >= 15 is 0 Å². The minimum absolute atomic E-state index is 0.0657. The molecule has 2 unspecified atom stereocenters. The van der Waals surface area contributed by atoms with Gasteiger partial charge in [-0.3, -0.25) is 4.79 Å². The molecule has 1 fully saturated rings. The maximum atomic E-state index is 12.1. The highest BCUT2D eigenvalue weighted by molar-refractivity contribution is 5.77. The molecule has 0 aliphatic heterocycles. The van der Waals surface area contributed by atoms with Crippen LogP contribution in [0.1, 0.15) is 60.8 Å². The zero-order valence-electron chi connectivity index (χ0n) is 12.7. The van der Waals surface area contributed by atoms with Gasteiger partial charge in [-0.15, -0.1) is 0 Å². The first-order valence-corrected chi connectivity index (χ1v) is 6.94. The molecule has 18 heavy (non-hydrogen) atoms. The van der Waals surface area contributed by atoms with E-state index in [0.29, 0.717) is 25.4 Å². The Morgan fingerprint density at radius 2 is 1.94 bits per heavy atom. The van der Waals surface area contributed by atoms with Crippen LogP contribution in [0.3, 0.4) is 0 Å². The van der Waals surface area contributed by atoms with Gasteiger partial charge < -0.3 is 9.84 Å². The van der Waals surface area contributed by atoms with Crippen molar-refractivity contribution in [2.45, 2.75) is 66.4 Å². The van der Waals surface area contributed by atoms with Gasteiger partial charge in [0.05, 0.1) is 17.6 Å². The minimum Gasteiger partial charge on any atom is -0.465 e. The van der Waals surface area contributed by atoms with Gasteiger partial charge in [-0.05, 0) is 51.4 Å². The number of carbonyl (C=O) groups excluding carboxylic acids is 1. The number of esters is 1. The molecule has 2 atom stereocenters. The lowest BCUT2D eigenvalue weighted by Gasteiger charge is -2.50. The number of rotatable bonds is 3. The third-order valence-corrected chi connectivity index (χ3v) is 4.31. The maximum absolute atomic E-state index is 12.1. The number of carbonyl (C=O) groups is 1. The molecule has 1 aliphatic rings. The first-order valence-electron chi connectivity index (χ1n) is 6.94. The summed E-state index contributed by atoms with van der Waals surface area (Å²) < 4.78 is 5.13. The van der Waals surface area contributed by atoms with Crippen LogP contribution in [0, 0.1) is 16.7 Å². The van der Waals surface area contributed by atoms with Crippen molar-refractivity contribution in [1.29, 1.82) is 0 Å². The minimum atomic E-state index is -0.972. The van der Waals surface area contributed by atoms with Crippen molar-refractivity contribution in [3.63, 3.8) is 0 Å². The molecule has 1 saturated carbocycles. The summed E-state index contributed by atoms with van der Waals surface area (Å²) in [5.41, 5.74) is -1.76. The van der Waals surface area contributed by atoms with E-state index in [1.807, 2.05) is 0 Å². The number of aliphatic hydroxyl groups is 1. The second-order valence-electron chi connectivity index (χ2n) is 7.23. The standard InChI is InChI=1S/C15H28O3/c1-7-18-12(16)14(5,6)15(17)9-11(2)8-13(3,4)10-15/h11,17H,7-10H2,1-6H3. The molecule has 0 bridgehead atoms. The van der Waals surface area contributed by atoms with Gasteiger partial charge in [0.25, 0.3) is 0 Å². The quantitative estimate of drug-likeness (QED) is 0.789. The highest BCUT2D eigenvalue weighted by atomic mass is 16.5. The van der Waals surface area contributed by atoms with Crippen LogP contribution in [0.25, 0.3) is 0 Å². The third kappa shape index (κ3) is 2.87. The summed E-state index contributed by atoms with van der Waals surface area (Å²) >= 11 is 0. The summed E-state index contributed by atoms with van der Waals surface area (Å²) in [6.07, 6.45) is 2.41. The largest absolute Gasteiger partial charge is 0.465 e. The van der Waals surface area contributed by atoms with E-state index in [2.05, 4.69) is 20.8 Å². The Hall–Kier alpha value is -0.570. The highest BCUT2D eigenvalue weighted by Gasteiger charge is 2.54. The summed E-state index contributed by atoms with van der Waals surface area (Å²) in [5, 5.41) is 11.0. The molecular weight excluding hydrogens is 228 g/mol. The van der Waals surface area contributed by atoms with Crippen LogP contribution >= 0.6 is 0 Å². The Balaban J connectivity index is 3.00. The summed E-state index contributed by atoms with van der Waals surface area (Å²) in [7, 11) is 0. The fourth-order valence-electron chi connectivity index (χ4n) is 3.51. The molecule has 106 valence electrons. The Morgan fingerprint density at radius 3 is 2.39 bits per heavy atom. The second-order valence-corrected chi connectivity index (χ2v) is 7.23. The Morgan fingerprint density at radius 1 is 1.39 bits per heavy atom. The van der Waals surface area contributed by atoms with Gasteiger partial charge in [0.2, 0.25) is 0 Å². The zero-order chi connectivity index (χ0) is 14.2. The number of hydrogen-bond acceptors (Lipinski definition) is 3. The van der Waals surface area contributed by atoms with Gasteiger partial charge >= 0.3 is 5.97 Å². The molecular formula is C15H28O3. The van der Waals surface area contributed by atoms with E-state index in [0.717, 1.165) is 6.42 Å². The van der Waals surface area contributed by atoms with Crippen LogP contribution in [-0.4, -0.2) is 23.3 Å². The van der Waals surface area contributed by atoms with E-state index < -0.39 is 11.0 Å². The van der Waals surface area contributed by atoms with Gasteiger partial charge in [-0.1, -0.05) is 20.8 Å². The van der Waals surface area contributed by atoms with Gasteiger partial charge in [0.15, 0.2) is 0 Å². The van der Waals surface area contributed by atoms with Crippen LogP contribution in [-0.2, 0) is 9.53 Å². The topological polar surface area (TPSA) is 46.5 Å². The normalized spacial score (nSPS) is 32.1. The fourth-order valence-corrected chi connectivity index (χ4v) is 3.51. The predicted octanol–water partition coefficient (Wildman–Crippen LogP) is 3.15. The fraction of sp³-hybridized carbons (Fsp3) is 0.933. The van der Waals surface area contributed by atoms with Crippen molar-refractivity contribution >= 4 is 5.97 Å². The molecule has 0 spiro atoms. The van der Waals surface area contributed by atoms with Crippen LogP contribution in [0.2, 0.25) is 0 Å². The van der Waals surface area contributed by atoms with Crippen molar-refractivity contribution in [3.8, 4) is 0 Å². The highest BCUT2D eigenvalue weighted by Crippen LogP contribution is 2.51. The van der Waals surface area contributed by atoms with Crippen LogP contribution < -0.4 is 0 Å². The predicted molar refractivity (Wildman–Crippen MR) is 72.2 cm³/mol. The van der Waals surface area contributed by atoms with Crippen LogP contribution in [0.4, 0.5) is 0 Å². The lowest BCUT2D eigenvalue weighted by molar-refractivity contribution is -0.184. The van der Waals surface area contributed by atoms with Crippen molar-refractivity contribution in [2.24, 2.45) is 16.7 Å². The van der Waals surface area contributed by atoms with Crippen LogP contribution in [0.15, 0.2) is 0 Å². The van der Waals surface area contributed by atoms with Gasteiger partial charge in [-0.25, -0.2) is 0 Å². The molecule has 1 N–H and O–H groups in total. The van der Waals surface area contributed by atoms with Crippen LogP contribution in [0.5, 0.6) is 0 Å². The monoisotopic (exact) mass is 256 g/mol. The van der Waals surface area contributed by atoms with E-state index in [-0.39, 0.29) is 11.4 Å². The lowest BCUT2D eigenvalue weighted by atomic mass is 9.58. The summed E-state index contributed by atoms with van der Waals surface area (Å²) in [6.45, 7) is 12.2. The molecule has 0 radical (unpaired) electrons. The third-order valence-electron chi connectivity index (χ3n) is 4.31. The van der Waals surface area contributed by atoms with Crippen molar-refractivity contribution in [1.82, 2.24) is 0 Å². The summed E-state index contributed by atoms with van der Waals surface area (Å²) in [5.74, 6) is 0.129. The smallest absolute Gasteiger partial charge is 0.314 e. The maximum Gasteiger partial charge on any atom is 0.314 e. The van der Waals surface area contributed by atoms with Crippen molar-refractivity contribution < 1.29 is 14.6 Å². The molecule has 0 aromatic rings. The molecule has 0 aromatic heterocycles. The Kier molecular flexibility index (Phi) is 4.16. The molecule has 0 amide bonds. The first-order chi connectivity index (χ1) is 8.04. The molecule has 3 heteroatoms. The summed E-state index contributed by atoms with van der Waals surface area (Å²) in [4.78, 5) is 12.1. The summed E-state index contributed by atoms with van der Waals surface area (Å²) in [6, 6.07) is 0. The van der Waals surface area contributed by atoms with Crippen molar-refractivity contribution in [2.75, 3.05) is 6.61 Å². The van der Waals surface area contributed by atoms with E-state index in [1.165, 1.54) is 0 Å². The number of ether oxygens (including phenoxy) is 1. The lowest BCUT2D eigenvalue weighted by Crippen LogP contribution is -2.55. The van der Waals surface area contributed by atoms with E-state index in [9.17, 15) is 9.90 Å². The van der Waals surface area contributed by atoms with E-state index in [4.69, 9.17) is 4.74 Å². The Bertz CT molecular complexity index is 320. The SMILES string of the molecule is CCOC(=O)C(C)(C)C1(O)CC(C)CC(C)(C)C1. The van der Waals surface area contributed by atoms with Gasteiger partial charge in [0.1, 0.15) is 0 Å². The molecule has 0 saturated heterocycles. The molecule has 0 aromatic carbocycles. The average Bonchev–Trinajstić information content (AvgIpc) is 2.13. The zero-order valence-corrected chi connectivity index (χ0v) is 12.7. The van der Waals surface area contributed by atoms with E-state index in [1.54, 1.807) is 20.8 Å². The molecule has 0 heterocycles. The number of hydrogen-bond donors (Lipinski definition) is 1. The molecule has 3 nitrogen and oxygen atoms in total. The molecule has 1 aliphatic carbocycles. The van der Waals surface area contributed by atoms with Gasteiger partial charge in [0, 0.05) is 0 Å².